The Balaban J connectivity index is 1.84. The molecule has 10 heteroatoms. The molecule has 0 spiro atoms. The number of carbonyl (C=O) groups excluding carboxylic acids is 1. The minimum atomic E-state index is -1.10. The summed E-state index contributed by atoms with van der Waals surface area (Å²) in [5.41, 5.74) is 1.95. The molecule has 0 radical (unpaired) electrons. The zero-order chi connectivity index (χ0) is 27.4. The van der Waals surface area contributed by atoms with E-state index in [2.05, 4.69) is 4.99 Å². The topological polar surface area (TPSA) is 116 Å². The van der Waals surface area contributed by atoms with E-state index in [4.69, 9.17) is 19.3 Å². The van der Waals surface area contributed by atoms with Crippen LogP contribution in [0.2, 0.25) is 0 Å². The van der Waals surface area contributed by atoms with Gasteiger partial charge in [0.2, 0.25) is 0 Å². The van der Waals surface area contributed by atoms with Gasteiger partial charge >= 0.3 is 11.9 Å². The lowest BCUT2D eigenvalue weighted by atomic mass is 9.96. The van der Waals surface area contributed by atoms with Gasteiger partial charge in [0.1, 0.15) is 0 Å². The van der Waals surface area contributed by atoms with Gasteiger partial charge in [-0.1, -0.05) is 47.7 Å². The fourth-order valence-electron chi connectivity index (χ4n) is 4.10. The first-order valence-corrected chi connectivity index (χ1v) is 12.9. The summed E-state index contributed by atoms with van der Waals surface area (Å²) in [7, 11) is 0. The molecule has 4 rings (SSSR count). The monoisotopic (exact) mass is 536 g/mol. The van der Waals surface area contributed by atoms with Crippen LogP contribution in [-0.4, -0.2) is 40.9 Å². The second-order valence-electron chi connectivity index (χ2n) is 8.77. The summed E-state index contributed by atoms with van der Waals surface area (Å²) >= 11 is 1.22. The van der Waals surface area contributed by atoms with Crippen LogP contribution >= 0.6 is 11.3 Å². The minimum Gasteiger partial charge on any atom is -0.490 e. The molecular weight excluding hydrogens is 508 g/mol. The van der Waals surface area contributed by atoms with E-state index in [1.54, 1.807) is 52.0 Å². The molecule has 2 heterocycles. The first kappa shape index (κ1) is 26.9. The summed E-state index contributed by atoms with van der Waals surface area (Å²) in [5.74, 6) is -0.951. The van der Waals surface area contributed by atoms with Crippen LogP contribution in [0.3, 0.4) is 0 Å². The Bertz CT molecular complexity index is 1570. The molecule has 0 fully saturated rings. The summed E-state index contributed by atoms with van der Waals surface area (Å²) in [4.78, 5) is 42.8. The molecular formula is C28H28N2O7S. The van der Waals surface area contributed by atoms with Gasteiger partial charge in [0.25, 0.3) is 5.56 Å². The summed E-state index contributed by atoms with van der Waals surface area (Å²) < 4.78 is 18.4. The number of nitrogens with zero attached hydrogens (tertiary/aromatic N) is 2. The number of ether oxygens (including phenoxy) is 3. The molecule has 0 amide bonds. The van der Waals surface area contributed by atoms with Gasteiger partial charge in [-0.15, -0.1) is 0 Å². The fraction of sp³-hybridized carbons (Fsp3) is 0.286. The summed E-state index contributed by atoms with van der Waals surface area (Å²) in [5, 5.41) is 8.92. The molecule has 1 aliphatic heterocycles. The highest BCUT2D eigenvalue weighted by atomic mass is 32.1. The predicted molar refractivity (Wildman–Crippen MR) is 142 cm³/mol. The normalized spacial score (nSPS) is 15.2. The van der Waals surface area contributed by atoms with Crippen molar-refractivity contribution in [3.05, 3.63) is 90.6 Å². The zero-order valence-electron chi connectivity index (χ0n) is 21.5. The smallest absolute Gasteiger partial charge is 0.341 e. The Morgan fingerprint density at radius 1 is 1.13 bits per heavy atom. The molecule has 1 unspecified atom stereocenters. The first-order chi connectivity index (χ1) is 18.2. The number of thiazole rings is 1. The number of carboxylic acid groups (broad SMARTS) is 1. The van der Waals surface area contributed by atoms with Crippen LogP contribution in [0.1, 0.15) is 44.9 Å². The molecule has 3 aromatic rings. The molecule has 1 aromatic heterocycles. The fourth-order valence-corrected chi connectivity index (χ4v) is 5.15. The molecule has 9 nitrogen and oxygen atoms in total. The highest BCUT2D eigenvalue weighted by Crippen LogP contribution is 2.31. The maximum absolute atomic E-state index is 13.7. The quantitative estimate of drug-likeness (QED) is 0.418. The lowest BCUT2D eigenvalue weighted by Crippen LogP contribution is -2.40. The standard InChI is InChI=1S/C28H28N2O7S/c1-5-35-21-13-18(11-12-20(21)36-15-23(31)32)14-22-26(33)30-25(19-9-7-6-8-10-19)24(27(34)37-16(2)3)17(4)29-28(30)38-22/h6-14,16,25H,5,15H2,1-4H3,(H,31,32). The largest absolute Gasteiger partial charge is 0.490 e. The molecule has 0 bridgehead atoms. The van der Waals surface area contributed by atoms with Gasteiger partial charge in [-0.3, -0.25) is 9.36 Å². The van der Waals surface area contributed by atoms with E-state index in [1.165, 1.54) is 15.9 Å². The molecule has 0 aliphatic carbocycles. The van der Waals surface area contributed by atoms with Crippen molar-refractivity contribution in [1.82, 2.24) is 4.57 Å². The number of allylic oxidation sites excluding steroid dienone is 1. The molecule has 0 saturated heterocycles. The van der Waals surface area contributed by atoms with Crippen molar-refractivity contribution in [3.63, 3.8) is 0 Å². The van der Waals surface area contributed by atoms with E-state index in [1.807, 2.05) is 30.3 Å². The van der Waals surface area contributed by atoms with Gasteiger partial charge in [-0.2, -0.15) is 0 Å². The number of aliphatic carboxylic acids is 1. The third-order valence-electron chi connectivity index (χ3n) is 5.62. The third kappa shape index (κ3) is 5.70. The average Bonchev–Trinajstić information content (AvgIpc) is 3.17. The van der Waals surface area contributed by atoms with E-state index in [9.17, 15) is 14.4 Å². The predicted octanol–water partition coefficient (Wildman–Crippen LogP) is 3.05. The van der Waals surface area contributed by atoms with Crippen LogP contribution < -0.4 is 24.4 Å². The number of aromatic nitrogens is 1. The van der Waals surface area contributed by atoms with Gasteiger partial charge in [0, 0.05) is 0 Å². The number of hydrogen-bond acceptors (Lipinski definition) is 8. The number of esters is 1. The van der Waals surface area contributed by atoms with Gasteiger partial charge in [0.15, 0.2) is 22.9 Å². The van der Waals surface area contributed by atoms with E-state index in [0.29, 0.717) is 44.3 Å². The molecule has 1 atom stereocenters. The van der Waals surface area contributed by atoms with Crippen LogP contribution in [0, 0.1) is 0 Å². The van der Waals surface area contributed by atoms with Crippen LogP contribution in [0.25, 0.3) is 6.08 Å². The van der Waals surface area contributed by atoms with Gasteiger partial charge in [-0.25, -0.2) is 14.6 Å². The number of benzene rings is 2. The molecule has 1 aliphatic rings. The third-order valence-corrected chi connectivity index (χ3v) is 6.60. The van der Waals surface area contributed by atoms with E-state index in [0.717, 1.165) is 5.56 Å². The Kier molecular flexibility index (Phi) is 8.11. The second kappa shape index (κ2) is 11.5. The minimum absolute atomic E-state index is 0.292. The van der Waals surface area contributed by atoms with Crippen molar-refractivity contribution in [2.45, 2.75) is 39.8 Å². The molecule has 198 valence electrons. The first-order valence-electron chi connectivity index (χ1n) is 12.1. The van der Waals surface area contributed by atoms with E-state index in [-0.39, 0.29) is 11.7 Å². The van der Waals surface area contributed by atoms with Crippen molar-refractivity contribution in [2.24, 2.45) is 4.99 Å². The van der Waals surface area contributed by atoms with Crippen LogP contribution in [0.4, 0.5) is 0 Å². The number of carboxylic acids is 1. The lowest BCUT2D eigenvalue weighted by molar-refractivity contribution is -0.143. The van der Waals surface area contributed by atoms with Crippen LogP contribution in [-0.2, 0) is 14.3 Å². The SMILES string of the molecule is CCOc1cc(C=c2sc3n(c2=O)C(c2ccccc2)C(C(=O)OC(C)C)=C(C)N=3)ccc1OCC(=O)O. The molecule has 2 aromatic carbocycles. The van der Waals surface area contributed by atoms with Gasteiger partial charge in [-0.05, 0) is 57.0 Å². The zero-order valence-corrected chi connectivity index (χ0v) is 22.3. The Hall–Kier alpha value is -4.18. The van der Waals surface area contributed by atoms with Crippen molar-refractivity contribution >= 4 is 29.4 Å². The summed E-state index contributed by atoms with van der Waals surface area (Å²) in [6.45, 7) is 6.94. The second-order valence-corrected chi connectivity index (χ2v) is 9.78. The number of fused-ring (bicyclic) bond motifs is 1. The van der Waals surface area contributed by atoms with Crippen molar-refractivity contribution in [3.8, 4) is 11.5 Å². The summed E-state index contributed by atoms with van der Waals surface area (Å²) in [6, 6.07) is 13.6. The molecule has 0 saturated carbocycles. The Morgan fingerprint density at radius 3 is 2.53 bits per heavy atom. The molecule has 38 heavy (non-hydrogen) atoms. The molecule has 1 N–H and O–H groups in total. The highest BCUT2D eigenvalue weighted by Gasteiger charge is 2.33. The van der Waals surface area contributed by atoms with E-state index >= 15 is 0 Å². The van der Waals surface area contributed by atoms with Crippen LogP contribution in [0.15, 0.2) is 69.6 Å². The maximum Gasteiger partial charge on any atom is 0.341 e. The van der Waals surface area contributed by atoms with Crippen molar-refractivity contribution in [1.29, 1.82) is 0 Å². The van der Waals surface area contributed by atoms with Gasteiger partial charge in [0.05, 0.1) is 34.6 Å². The number of rotatable bonds is 9. The average molecular weight is 537 g/mol. The highest BCUT2D eigenvalue weighted by molar-refractivity contribution is 7.07. The number of carbonyl (C=O) groups is 2. The van der Waals surface area contributed by atoms with Gasteiger partial charge < -0.3 is 19.3 Å². The number of hydrogen-bond donors (Lipinski definition) is 1. The Morgan fingerprint density at radius 2 is 1.87 bits per heavy atom. The van der Waals surface area contributed by atoms with E-state index < -0.39 is 24.6 Å². The van der Waals surface area contributed by atoms with Crippen LogP contribution in [0.5, 0.6) is 11.5 Å². The van der Waals surface area contributed by atoms with Crippen molar-refractivity contribution in [2.75, 3.05) is 13.2 Å². The summed E-state index contributed by atoms with van der Waals surface area (Å²) in [6.07, 6.45) is 1.38. The Labute approximate surface area is 222 Å². The van der Waals surface area contributed by atoms with Crippen molar-refractivity contribution < 1.29 is 28.9 Å². The lowest BCUT2D eigenvalue weighted by Gasteiger charge is -2.25. The maximum atomic E-state index is 13.7.